The van der Waals surface area contributed by atoms with Crippen molar-refractivity contribution in [3.63, 3.8) is 0 Å². The van der Waals surface area contributed by atoms with Crippen molar-refractivity contribution in [1.29, 1.82) is 0 Å². The summed E-state index contributed by atoms with van der Waals surface area (Å²) in [5.41, 5.74) is 3.33. The molecule has 8 aromatic carbocycles. The SMILES string of the molecule is Cc1ncncc1N(c1cc(F)cc(F)c1)c1cc(N(c2cc(F)cc(F)c2)c2cncnc2C)c2ccc3c(N(c4cc(F)cc(F)c4)c4cncnc4C)cc(N(c4cc(F)cc(F)c4)c4cncnc4C)c4ccc1c2c43. The van der Waals surface area contributed by atoms with Crippen LogP contribution < -0.4 is 19.6 Å². The summed E-state index contributed by atoms with van der Waals surface area (Å²) in [6.45, 7) is 6.72. The molecule has 0 saturated heterocycles. The van der Waals surface area contributed by atoms with Crippen LogP contribution in [0.5, 0.6) is 0 Å². The number of rotatable bonds is 12. The van der Waals surface area contributed by atoms with Crippen molar-refractivity contribution < 1.29 is 35.1 Å². The maximum Gasteiger partial charge on any atom is 0.128 e. The number of halogens is 8. The van der Waals surface area contributed by atoms with Gasteiger partial charge in [-0.3, -0.25) is 0 Å². The van der Waals surface area contributed by atoms with Crippen LogP contribution in [-0.4, -0.2) is 39.9 Å². The molecule has 20 heteroatoms. The van der Waals surface area contributed by atoms with Gasteiger partial charge in [-0.15, -0.1) is 0 Å². The van der Waals surface area contributed by atoms with Gasteiger partial charge in [0.1, 0.15) is 71.8 Å². The van der Waals surface area contributed by atoms with Crippen molar-refractivity contribution in [3.8, 4) is 0 Å². The van der Waals surface area contributed by atoms with Crippen molar-refractivity contribution in [2.24, 2.45) is 0 Å². The first kappa shape index (κ1) is 50.6. The summed E-state index contributed by atoms with van der Waals surface area (Å²) in [4.78, 5) is 41.4. The zero-order chi connectivity index (χ0) is 55.7. The molecule has 0 fully saturated rings. The predicted molar refractivity (Wildman–Crippen MR) is 290 cm³/mol. The van der Waals surface area contributed by atoms with Crippen molar-refractivity contribution in [2.75, 3.05) is 19.6 Å². The zero-order valence-electron chi connectivity index (χ0n) is 42.4. The van der Waals surface area contributed by atoms with Crippen LogP contribution in [0.3, 0.4) is 0 Å². The Morgan fingerprint density at radius 3 is 0.650 bits per heavy atom. The Morgan fingerprint density at radius 1 is 0.263 bits per heavy atom. The molecule has 4 heterocycles. The lowest BCUT2D eigenvalue weighted by molar-refractivity contribution is 0.583. The highest BCUT2D eigenvalue weighted by molar-refractivity contribution is 6.33. The van der Waals surface area contributed by atoms with E-state index < -0.39 is 46.5 Å². The molecule has 0 N–H and O–H groups in total. The Hall–Kier alpha value is -10.2. The standard InChI is InChI=1S/C60H38F8N12/c1-31-55(23-69-27-73-31)77(43-13-35(61)9-36(62)14-43)51-21-52(78(56-24-70-28-74-32(56)2)44-15-37(63)10-38(64)16-44)48-7-8-50-54(80(58-26-72-30-76-34(58)4)46-19-41(67)12-42(68)20-46)22-53(49-6-5-47(51)59(48)60(49)50)79(57-25-71-29-75-33(57)3)45-17-39(65)11-40(66)18-45/h5-30H,1-4H3. The molecule has 12 rings (SSSR count). The van der Waals surface area contributed by atoms with Crippen LogP contribution >= 0.6 is 0 Å². The van der Waals surface area contributed by atoms with Gasteiger partial charge >= 0.3 is 0 Å². The fraction of sp³-hybridized carbons (Fsp3) is 0.0667. The zero-order valence-corrected chi connectivity index (χ0v) is 42.4. The van der Waals surface area contributed by atoms with E-state index in [0.717, 1.165) is 72.8 Å². The van der Waals surface area contributed by atoms with Gasteiger partial charge in [0.15, 0.2) is 0 Å². The van der Waals surface area contributed by atoms with E-state index in [1.807, 2.05) is 0 Å². The fourth-order valence-electron chi connectivity index (χ4n) is 10.4. The van der Waals surface area contributed by atoms with Gasteiger partial charge in [0.2, 0.25) is 0 Å². The Labute approximate surface area is 449 Å². The molecule has 0 aliphatic heterocycles. The van der Waals surface area contributed by atoms with Crippen molar-refractivity contribution in [3.05, 3.63) is 229 Å². The van der Waals surface area contributed by atoms with Crippen LogP contribution in [0.1, 0.15) is 22.8 Å². The predicted octanol–water partition coefficient (Wildman–Crippen LogP) is 16.0. The first-order chi connectivity index (χ1) is 38.6. The molecule has 0 aliphatic carbocycles. The number of anilines is 12. The van der Waals surface area contributed by atoms with Gasteiger partial charge in [0.05, 0.1) is 116 Å². The summed E-state index contributed by atoms with van der Waals surface area (Å²) >= 11 is 0. The molecule has 4 aromatic heterocycles. The lowest BCUT2D eigenvalue weighted by atomic mass is 9.89. The van der Waals surface area contributed by atoms with E-state index in [0.29, 0.717) is 55.1 Å². The number of aryl methyl sites for hydroxylation is 4. The van der Waals surface area contributed by atoms with Crippen molar-refractivity contribution in [2.45, 2.75) is 27.7 Å². The van der Waals surface area contributed by atoms with E-state index in [9.17, 15) is 0 Å². The number of hydrogen-bond donors (Lipinski definition) is 0. The fourth-order valence-corrected chi connectivity index (χ4v) is 10.4. The van der Waals surface area contributed by atoms with E-state index in [1.54, 1.807) is 83.7 Å². The third kappa shape index (κ3) is 8.94. The van der Waals surface area contributed by atoms with Crippen LogP contribution in [-0.2, 0) is 0 Å². The first-order valence-corrected chi connectivity index (χ1v) is 24.5. The summed E-state index contributed by atoms with van der Waals surface area (Å²) in [5, 5.41) is 2.37. The Balaban J connectivity index is 1.34. The molecule has 394 valence electrons. The monoisotopic (exact) mass is 1080 g/mol. The molecule has 80 heavy (non-hydrogen) atoms. The van der Waals surface area contributed by atoms with Gasteiger partial charge < -0.3 is 19.6 Å². The molecule has 0 saturated carbocycles. The van der Waals surface area contributed by atoms with Crippen LogP contribution in [0.4, 0.5) is 103 Å². The van der Waals surface area contributed by atoms with Crippen LogP contribution in [0.15, 0.2) is 159 Å². The van der Waals surface area contributed by atoms with Gasteiger partial charge in [-0.1, -0.05) is 24.3 Å². The van der Waals surface area contributed by atoms with Crippen LogP contribution in [0.25, 0.3) is 32.3 Å². The molecule has 0 aliphatic rings. The van der Waals surface area contributed by atoms with Gasteiger partial charge in [-0.2, -0.15) is 0 Å². The first-order valence-electron chi connectivity index (χ1n) is 24.5. The number of hydrogen-bond acceptors (Lipinski definition) is 12. The molecule has 0 unspecified atom stereocenters. The highest BCUT2D eigenvalue weighted by Gasteiger charge is 2.32. The third-order valence-corrected chi connectivity index (χ3v) is 13.7. The second kappa shape index (κ2) is 20.0. The molecule has 12 nitrogen and oxygen atoms in total. The molecule has 0 radical (unpaired) electrons. The maximum atomic E-state index is 15.8. The second-order valence-corrected chi connectivity index (χ2v) is 18.7. The average Bonchev–Trinajstić information content (AvgIpc) is 3.56. The lowest BCUT2D eigenvalue weighted by Crippen LogP contribution is -2.18. The van der Waals surface area contributed by atoms with E-state index in [2.05, 4.69) is 39.9 Å². The van der Waals surface area contributed by atoms with Crippen molar-refractivity contribution in [1.82, 2.24) is 39.9 Å². The van der Waals surface area contributed by atoms with Gasteiger partial charge in [0.25, 0.3) is 0 Å². The second-order valence-electron chi connectivity index (χ2n) is 18.7. The van der Waals surface area contributed by atoms with Crippen molar-refractivity contribution >= 4 is 101 Å². The summed E-state index contributed by atoms with van der Waals surface area (Å²) in [6, 6.07) is 22.3. The molecule has 0 spiro atoms. The topological polar surface area (TPSA) is 116 Å². The molecule has 0 amide bonds. The van der Waals surface area contributed by atoms with Crippen LogP contribution in [0.2, 0.25) is 0 Å². The van der Waals surface area contributed by atoms with Gasteiger partial charge in [-0.05, 0) is 88.4 Å². The van der Waals surface area contributed by atoms with Crippen LogP contribution in [0, 0.1) is 74.2 Å². The summed E-state index contributed by atoms with van der Waals surface area (Å²) in [7, 11) is 0. The summed E-state index contributed by atoms with van der Waals surface area (Å²) < 4.78 is 126. The van der Waals surface area contributed by atoms with E-state index in [1.165, 1.54) is 50.1 Å². The lowest BCUT2D eigenvalue weighted by Gasteiger charge is -2.34. The summed E-state index contributed by atoms with van der Waals surface area (Å²) in [6.07, 6.45) is 11.1. The van der Waals surface area contributed by atoms with E-state index in [4.69, 9.17) is 0 Å². The molecular formula is C60H38F8N12. The molecular weight excluding hydrogens is 1040 g/mol. The highest BCUT2D eigenvalue weighted by atomic mass is 19.2. The maximum absolute atomic E-state index is 15.8. The Bertz CT molecular complexity index is 3800. The van der Waals surface area contributed by atoms with Gasteiger partial charge in [0, 0.05) is 56.6 Å². The number of benzene rings is 8. The normalized spacial score (nSPS) is 11.5. The third-order valence-electron chi connectivity index (χ3n) is 13.7. The largest absolute Gasteiger partial charge is 0.306 e. The smallest absolute Gasteiger partial charge is 0.128 e. The number of aromatic nitrogens is 8. The van der Waals surface area contributed by atoms with Gasteiger partial charge in [-0.25, -0.2) is 75.0 Å². The quantitative estimate of drug-likeness (QED) is 0.0857. The molecule has 12 aromatic rings. The minimum Gasteiger partial charge on any atom is -0.306 e. The van der Waals surface area contributed by atoms with E-state index >= 15 is 35.1 Å². The minimum absolute atomic E-state index is 0.0249. The molecule has 0 atom stereocenters. The number of nitrogens with zero attached hydrogens (tertiary/aromatic N) is 12. The minimum atomic E-state index is -0.927. The van der Waals surface area contributed by atoms with E-state index in [-0.39, 0.29) is 68.2 Å². The molecule has 0 bridgehead atoms. The highest BCUT2D eigenvalue weighted by Crippen LogP contribution is 2.55. The summed E-state index contributed by atoms with van der Waals surface area (Å²) in [5.74, 6) is -7.42. The average molecular weight is 1080 g/mol. The Morgan fingerprint density at radius 2 is 0.463 bits per heavy atom. The Kier molecular flexibility index (Phi) is 12.6.